The third kappa shape index (κ3) is 3.58. The average Bonchev–Trinajstić information content (AvgIpc) is 2.40. The number of aryl methyl sites for hydroxylation is 1. The lowest BCUT2D eigenvalue weighted by Gasteiger charge is -2.06. The SMILES string of the molecule is Cc1cnc(N)c(C(=O)CSc2ccccc2Br)c1. The highest BCUT2D eigenvalue weighted by Crippen LogP contribution is 2.28. The summed E-state index contributed by atoms with van der Waals surface area (Å²) in [7, 11) is 0. The maximum absolute atomic E-state index is 12.1. The molecule has 5 heteroatoms. The van der Waals surface area contributed by atoms with Crippen LogP contribution in [0.1, 0.15) is 15.9 Å². The van der Waals surface area contributed by atoms with Crippen LogP contribution in [0.2, 0.25) is 0 Å². The van der Waals surface area contributed by atoms with Gasteiger partial charge in [0.1, 0.15) is 5.82 Å². The van der Waals surface area contributed by atoms with Gasteiger partial charge in [-0.2, -0.15) is 0 Å². The number of carbonyl (C=O) groups is 1. The number of rotatable bonds is 4. The van der Waals surface area contributed by atoms with Crippen molar-refractivity contribution in [2.75, 3.05) is 11.5 Å². The lowest BCUT2D eigenvalue weighted by molar-refractivity contribution is 0.102. The van der Waals surface area contributed by atoms with Gasteiger partial charge in [0.2, 0.25) is 0 Å². The molecule has 2 rings (SSSR count). The zero-order chi connectivity index (χ0) is 13.8. The highest BCUT2D eigenvalue weighted by Gasteiger charge is 2.12. The Labute approximate surface area is 124 Å². The molecule has 0 aliphatic heterocycles. The Hall–Kier alpha value is -1.33. The molecular weight excluding hydrogens is 324 g/mol. The third-order valence-electron chi connectivity index (χ3n) is 2.55. The van der Waals surface area contributed by atoms with E-state index in [4.69, 9.17) is 5.73 Å². The van der Waals surface area contributed by atoms with E-state index in [-0.39, 0.29) is 5.78 Å². The number of nitrogen functional groups attached to an aromatic ring is 1. The largest absolute Gasteiger partial charge is 0.383 e. The van der Waals surface area contributed by atoms with E-state index in [9.17, 15) is 4.79 Å². The molecule has 0 amide bonds. The molecule has 0 fully saturated rings. The van der Waals surface area contributed by atoms with Crippen molar-refractivity contribution in [1.29, 1.82) is 0 Å². The normalized spacial score (nSPS) is 10.4. The molecule has 0 aliphatic rings. The van der Waals surface area contributed by atoms with Gasteiger partial charge in [0.25, 0.3) is 0 Å². The van der Waals surface area contributed by atoms with Crippen LogP contribution in [0, 0.1) is 6.92 Å². The predicted octanol–water partition coefficient (Wildman–Crippen LogP) is 3.71. The van der Waals surface area contributed by atoms with Crippen LogP contribution >= 0.6 is 27.7 Å². The molecule has 0 aliphatic carbocycles. The van der Waals surface area contributed by atoms with Crippen molar-refractivity contribution in [1.82, 2.24) is 4.98 Å². The van der Waals surface area contributed by atoms with E-state index in [1.165, 1.54) is 11.8 Å². The highest BCUT2D eigenvalue weighted by atomic mass is 79.9. The van der Waals surface area contributed by atoms with Crippen LogP contribution in [0.3, 0.4) is 0 Å². The quantitative estimate of drug-likeness (QED) is 0.683. The minimum Gasteiger partial charge on any atom is -0.383 e. The van der Waals surface area contributed by atoms with Gasteiger partial charge in [0, 0.05) is 15.6 Å². The second kappa shape index (κ2) is 6.21. The Morgan fingerprint density at radius 1 is 1.42 bits per heavy atom. The number of carbonyl (C=O) groups excluding carboxylic acids is 1. The van der Waals surface area contributed by atoms with Gasteiger partial charge >= 0.3 is 0 Å². The van der Waals surface area contributed by atoms with Crippen LogP contribution in [-0.4, -0.2) is 16.5 Å². The maximum atomic E-state index is 12.1. The van der Waals surface area contributed by atoms with Crippen molar-refractivity contribution < 1.29 is 4.79 Å². The van der Waals surface area contributed by atoms with E-state index in [0.29, 0.717) is 17.1 Å². The van der Waals surface area contributed by atoms with Crippen LogP contribution < -0.4 is 5.73 Å². The first-order valence-electron chi connectivity index (χ1n) is 5.70. The van der Waals surface area contributed by atoms with Gasteiger partial charge in [-0.1, -0.05) is 12.1 Å². The summed E-state index contributed by atoms with van der Waals surface area (Å²) >= 11 is 4.94. The van der Waals surface area contributed by atoms with E-state index >= 15 is 0 Å². The standard InChI is InChI=1S/C14H13BrN2OS/c1-9-6-10(14(16)17-7-9)12(18)8-19-13-5-3-2-4-11(13)15/h2-7H,8H2,1H3,(H2,16,17). The molecule has 1 aromatic heterocycles. The summed E-state index contributed by atoms with van der Waals surface area (Å²) in [5, 5.41) is 0. The Morgan fingerprint density at radius 3 is 2.89 bits per heavy atom. The molecule has 2 N–H and O–H groups in total. The lowest BCUT2D eigenvalue weighted by atomic mass is 10.1. The van der Waals surface area contributed by atoms with Gasteiger partial charge in [-0.3, -0.25) is 4.79 Å². The number of ketones is 1. The number of nitrogens with two attached hydrogens (primary N) is 1. The molecule has 3 nitrogen and oxygen atoms in total. The maximum Gasteiger partial charge on any atom is 0.176 e. The molecule has 0 radical (unpaired) electrons. The molecule has 0 atom stereocenters. The summed E-state index contributed by atoms with van der Waals surface area (Å²) in [6.07, 6.45) is 1.66. The molecule has 0 saturated carbocycles. The Bertz CT molecular complexity index is 616. The number of benzene rings is 1. The second-order valence-electron chi connectivity index (χ2n) is 4.09. The fourth-order valence-corrected chi connectivity index (χ4v) is 3.04. The van der Waals surface area contributed by atoms with E-state index in [2.05, 4.69) is 20.9 Å². The van der Waals surface area contributed by atoms with Crippen molar-refractivity contribution in [3.05, 3.63) is 52.1 Å². The fourth-order valence-electron chi connectivity index (χ4n) is 1.59. The summed E-state index contributed by atoms with van der Waals surface area (Å²) in [4.78, 5) is 17.2. The van der Waals surface area contributed by atoms with E-state index < -0.39 is 0 Å². The number of Topliss-reactive ketones (excluding diaryl/α,β-unsaturated/α-hetero) is 1. The fraction of sp³-hybridized carbons (Fsp3) is 0.143. The van der Waals surface area contributed by atoms with Gasteiger partial charge in [-0.05, 0) is 46.6 Å². The number of halogens is 1. The predicted molar refractivity (Wildman–Crippen MR) is 82.6 cm³/mol. The van der Waals surface area contributed by atoms with E-state index in [1.807, 2.05) is 31.2 Å². The molecule has 0 saturated heterocycles. The van der Waals surface area contributed by atoms with Crippen LogP contribution in [0.4, 0.5) is 5.82 Å². The number of aromatic nitrogens is 1. The van der Waals surface area contributed by atoms with Crippen molar-refractivity contribution in [2.45, 2.75) is 11.8 Å². The molecule has 98 valence electrons. The first-order valence-corrected chi connectivity index (χ1v) is 7.48. The second-order valence-corrected chi connectivity index (χ2v) is 5.96. The first-order chi connectivity index (χ1) is 9.08. The number of anilines is 1. The summed E-state index contributed by atoms with van der Waals surface area (Å²) in [6, 6.07) is 9.60. The van der Waals surface area contributed by atoms with Crippen molar-refractivity contribution >= 4 is 39.3 Å². The third-order valence-corrected chi connectivity index (χ3v) is 4.58. The van der Waals surface area contributed by atoms with Gasteiger partial charge in [-0.15, -0.1) is 11.8 Å². The minimum absolute atomic E-state index is 0.00514. The number of nitrogens with zero attached hydrogens (tertiary/aromatic N) is 1. The van der Waals surface area contributed by atoms with Crippen LogP contribution in [0.25, 0.3) is 0 Å². The molecule has 0 bridgehead atoms. The van der Waals surface area contributed by atoms with E-state index in [1.54, 1.807) is 12.3 Å². The summed E-state index contributed by atoms with van der Waals surface area (Å²) in [6.45, 7) is 1.89. The molecular formula is C14H13BrN2OS. The lowest BCUT2D eigenvalue weighted by Crippen LogP contribution is -2.08. The summed E-state index contributed by atoms with van der Waals surface area (Å²) < 4.78 is 0.989. The number of hydrogen-bond donors (Lipinski definition) is 1. The van der Waals surface area contributed by atoms with Crippen LogP contribution in [-0.2, 0) is 0 Å². The molecule has 0 spiro atoms. The smallest absolute Gasteiger partial charge is 0.176 e. The number of pyridine rings is 1. The zero-order valence-corrected chi connectivity index (χ0v) is 12.8. The molecule has 2 aromatic rings. The Morgan fingerprint density at radius 2 is 2.16 bits per heavy atom. The number of thioether (sulfide) groups is 1. The molecule has 1 aromatic carbocycles. The molecule has 0 unspecified atom stereocenters. The minimum atomic E-state index is -0.00514. The number of hydrogen-bond acceptors (Lipinski definition) is 4. The van der Waals surface area contributed by atoms with E-state index in [0.717, 1.165) is 14.9 Å². The van der Waals surface area contributed by atoms with Crippen LogP contribution in [0.5, 0.6) is 0 Å². The summed E-state index contributed by atoms with van der Waals surface area (Å²) in [5.74, 6) is 0.635. The van der Waals surface area contributed by atoms with Gasteiger partial charge in [-0.25, -0.2) is 4.98 Å². The Kier molecular flexibility index (Phi) is 4.61. The van der Waals surface area contributed by atoms with Crippen molar-refractivity contribution in [2.24, 2.45) is 0 Å². The van der Waals surface area contributed by atoms with Gasteiger partial charge in [0.15, 0.2) is 5.78 Å². The Balaban J connectivity index is 2.10. The molecule has 19 heavy (non-hydrogen) atoms. The van der Waals surface area contributed by atoms with Gasteiger partial charge in [0.05, 0.1) is 11.3 Å². The van der Waals surface area contributed by atoms with Crippen molar-refractivity contribution in [3.8, 4) is 0 Å². The van der Waals surface area contributed by atoms with Gasteiger partial charge < -0.3 is 5.73 Å². The first kappa shape index (κ1) is 14.1. The average molecular weight is 337 g/mol. The summed E-state index contributed by atoms with van der Waals surface area (Å²) in [5.41, 5.74) is 7.17. The highest BCUT2D eigenvalue weighted by molar-refractivity contribution is 9.10. The zero-order valence-electron chi connectivity index (χ0n) is 10.4. The molecule has 1 heterocycles. The van der Waals surface area contributed by atoms with Crippen molar-refractivity contribution in [3.63, 3.8) is 0 Å². The topological polar surface area (TPSA) is 56.0 Å². The van der Waals surface area contributed by atoms with Crippen LogP contribution in [0.15, 0.2) is 45.9 Å². The monoisotopic (exact) mass is 336 g/mol.